The Morgan fingerprint density at radius 3 is 2.50 bits per heavy atom. The number of phenols is 1. The molecule has 0 bridgehead atoms. The van der Waals surface area contributed by atoms with Crippen LogP contribution in [0.3, 0.4) is 0 Å². The van der Waals surface area contributed by atoms with Gasteiger partial charge in [0.25, 0.3) is 0 Å². The van der Waals surface area contributed by atoms with E-state index in [1.165, 1.54) is 18.2 Å². The third-order valence-electron chi connectivity index (χ3n) is 3.80. The van der Waals surface area contributed by atoms with Crippen LogP contribution in [0.15, 0.2) is 73.5 Å². The highest BCUT2D eigenvalue weighted by molar-refractivity contribution is 6.12. The van der Waals surface area contributed by atoms with Crippen molar-refractivity contribution in [1.29, 1.82) is 0 Å². The first kappa shape index (κ1) is 17.2. The van der Waals surface area contributed by atoms with E-state index in [0.29, 0.717) is 5.56 Å². The quantitative estimate of drug-likeness (QED) is 0.416. The minimum Gasteiger partial charge on any atom is -0.507 e. The molecule has 5 heteroatoms. The molecule has 5 nitrogen and oxygen atoms in total. The van der Waals surface area contributed by atoms with Crippen LogP contribution in [0.1, 0.15) is 15.9 Å². The molecule has 0 heterocycles. The van der Waals surface area contributed by atoms with Gasteiger partial charge in [-0.15, -0.1) is 0 Å². The fourth-order valence-electron chi connectivity index (χ4n) is 2.55. The molecule has 0 radical (unpaired) electrons. The van der Waals surface area contributed by atoms with Crippen molar-refractivity contribution >= 4 is 22.5 Å². The molecule has 3 rings (SSSR count). The van der Waals surface area contributed by atoms with Gasteiger partial charge in [0.2, 0.25) is 0 Å². The Hall–Kier alpha value is -3.60. The van der Waals surface area contributed by atoms with Crippen LogP contribution >= 0.6 is 0 Å². The number of ketones is 1. The zero-order chi connectivity index (χ0) is 18.5. The Kier molecular flexibility index (Phi) is 4.99. The van der Waals surface area contributed by atoms with Gasteiger partial charge in [-0.25, -0.2) is 4.79 Å². The van der Waals surface area contributed by atoms with Crippen LogP contribution in [0.25, 0.3) is 10.8 Å². The van der Waals surface area contributed by atoms with Gasteiger partial charge in [0.1, 0.15) is 11.5 Å². The molecule has 0 aliphatic heterocycles. The maximum Gasteiger partial charge on any atom is 0.348 e. The van der Waals surface area contributed by atoms with Crippen molar-refractivity contribution in [3.05, 3.63) is 84.6 Å². The molecule has 1 N–H and O–H groups in total. The van der Waals surface area contributed by atoms with Crippen molar-refractivity contribution in [2.45, 2.75) is 0 Å². The largest absolute Gasteiger partial charge is 0.507 e. The van der Waals surface area contributed by atoms with E-state index in [2.05, 4.69) is 11.3 Å². The van der Waals surface area contributed by atoms with Crippen LogP contribution in [0, 0.1) is 0 Å². The van der Waals surface area contributed by atoms with Gasteiger partial charge in [0.15, 0.2) is 12.4 Å². The molecule has 0 aliphatic rings. The van der Waals surface area contributed by atoms with Crippen LogP contribution in [-0.4, -0.2) is 23.5 Å². The summed E-state index contributed by atoms with van der Waals surface area (Å²) < 4.78 is 9.74. The normalized spacial score (nSPS) is 10.3. The molecule has 3 aromatic rings. The summed E-state index contributed by atoms with van der Waals surface area (Å²) in [7, 11) is 0. The van der Waals surface area contributed by atoms with Crippen LogP contribution in [0.4, 0.5) is 0 Å². The molecule has 0 atom stereocenters. The van der Waals surface area contributed by atoms with Gasteiger partial charge >= 0.3 is 5.97 Å². The van der Waals surface area contributed by atoms with E-state index in [-0.39, 0.29) is 29.5 Å². The fourth-order valence-corrected chi connectivity index (χ4v) is 2.55. The Balaban J connectivity index is 1.80. The molecule has 0 saturated carbocycles. The Morgan fingerprint density at radius 1 is 1.00 bits per heavy atom. The maximum absolute atomic E-state index is 12.7. The molecule has 0 aromatic heterocycles. The number of rotatable bonds is 6. The zero-order valence-electron chi connectivity index (χ0n) is 13.8. The highest BCUT2D eigenvalue weighted by atomic mass is 16.6. The highest BCUT2D eigenvalue weighted by Gasteiger charge is 2.15. The van der Waals surface area contributed by atoms with E-state index < -0.39 is 5.97 Å². The van der Waals surface area contributed by atoms with Crippen LogP contribution in [-0.2, 0) is 9.53 Å². The zero-order valence-corrected chi connectivity index (χ0v) is 13.8. The smallest absolute Gasteiger partial charge is 0.348 e. The Morgan fingerprint density at radius 2 is 1.77 bits per heavy atom. The minimum atomic E-state index is -0.615. The third-order valence-corrected chi connectivity index (χ3v) is 3.80. The molecule has 0 spiro atoms. The molecular weight excluding hydrogens is 332 g/mol. The molecule has 0 saturated heterocycles. The number of ether oxygens (including phenoxy) is 2. The number of aromatic hydroxyl groups is 1. The highest BCUT2D eigenvalue weighted by Crippen LogP contribution is 2.27. The average molecular weight is 348 g/mol. The third kappa shape index (κ3) is 3.72. The summed E-state index contributed by atoms with van der Waals surface area (Å²) in [4.78, 5) is 23.9. The lowest BCUT2D eigenvalue weighted by molar-refractivity contribution is -0.140. The second-order valence-corrected chi connectivity index (χ2v) is 5.52. The molecule has 0 unspecified atom stereocenters. The Bertz CT molecular complexity index is 991. The first-order valence-electron chi connectivity index (χ1n) is 7.88. The van der Waals surface area contributed by atoms with Gasteiger partial charge < -0.3 is 14.6 Å². The number of benzene rings is 3. The fraction of sp³-hybridized carbons (Fsp3) is 0.0476. The van der Waals surface area contributed by atoms with Crippen molar-refractivity contribution in [3.63, 3.8) is 0 Å². The first-order chi connectivity index (χ1) is 12.6. The number of hydrogen-bond donors (Lipinski definition) is 1. The number of esters is 1. The average Bonchev–Trinajstić information content (AvgIpc) is 2.66. The molecule has 3 aromatic carbocycles. The monoisotopic (exact) mass is 348 g/mol. The minimum absolute atomic E-state index is 0.154. The van der Waals surface area contributed by atoms with E-state index in [1.54, 1.807) is 12.1 Å². The van der Waals surface area contributed by atoms with Gasteiger partial charge in [0, 0.05) is 11.6 Å². The summed E-state index contributed by atoms with van der Waals surface area (Å²) >= 11 is 0. The molecule has 130 valence electrons. The van der Waals surface area contributed by atoms with Gasteiger partial charge in [-0.05, 0) is 29.0 Å². The predicted molar refractivity (Wildman–Crippen MR) is 97.3 cm³/mol. The van der Waals surface area contributed by atoms with Gasteiger partial charge in [-0.2, -0.15) is 0 Å². The topological polar surface area (TPSA) is 72.8 Å². The number of carbonyl (C=O) groups is 2. The van der Waals surface area contributed by atoms with Crippen LogP contribution < -0.4 is 4.74 Å². The summed E-state index contributed by atoms with van der Waals surface area (Å²) in [5.74, 6) is -0.891. The first-order valence-corrected chi connectivity index (χ1v) is 7.88. The number of hydrogen-bond acceptors (Lipinski definition) is 5. The standard InChI is InChI=1S/C21H16O5/c1-2-25-20(23)13-26-17-9-10-18(19(22)12-17)21(24)16-8-7-14-5-3-4-6-15(14)11-16/h2-12,22H,1,13H2. The lowest BCUT2D eigenvalue weighted by Gasteiger charge is -2.09. The molecule has 0 fully saturated rings. The molecule has 26 heavy (non-hydrogen) atoms. The number of phenolic OH excluding ortho intramolecular Hbond substituents is 1. The van der Waals surface area contributed by atoms with Crippen LogP contribution in [0.2, 0.25) is 0 Å². The van der Waals surface area contributed by atoms with Crippen LogP contribution in [0.5, 0.6) is 11.5 Å². The number of carbonyl (C=O) groups excluding carboxylic acids is 2. The SMILES string of the molecule is C=COC(=O)COc1ccc(C(=O)c2ccc3ccccc3c2)c(O)c1. The van der Waals surface area contributed by atoms with Crippen molar-refractivity contribution in [2.75, 3.05) is 6.61 Å². The summed E-state index contributed by atoms with van der Waals surface area (Å²) in [6.07, 6.45) is 1.01. The summed E-state index contributed by atoms with van der Waals surface area (Å²) in [6.45, 7) is 2.94. The second-order valence-electron chi connectivity index (χ2n) is 5.52. The van der Waals surface area contributed by atoms with Crippen molar-refractivity contribution in [2.24, 2.45) is 0 Å². The van der Waals surface area contributed by atoms with Crippen molar-refractivity contribution < 1.29 is 24.2 Å². The molecule has 0 amide bonds. The van der Waals surface area contributed by atoms with E-state index in [0.717, 1.165) is 17.0 Å². The van der Waals surface area contributed by atoms with Gasteiger partial charge in [0.05, 0.1) is 11.8 Å². The van der Waals surface area contributed by atoms with Gasteiger partial charge in [-0.3, -0.25) is 4.79 Å². The van der Waals surface area contributed by atoms with Crippen molar-refractivity contribution in [1.82, 2.24) is 0 Å². The molecule has 0 aliphatic carbocycles. The summed E-state index contributed by atoms with van der Waals surface area (Å²) in [6, 6.07) is 17.3. The van der Waals surface area contributed by atoms with E-state index >= 15 is 0 Å². The lowest BCUT2D eigenvalue weighted by Crippen LogP contribution is -2.12. The van der Waals surface area contributed by atoms with Gasteiger partial charge in [-0.1, -0.05) is 43.0 Å². The predicted octanol–water partition coefficient (Wildman–Crippen LogP) is 3.84. The second kappa shape index (κ2) is 7.53. The molecular formula is C21H16O5. The number of fused-ring (bicyclic) bond motifs is 1. The lowest BCUT2D eigenvalue weighted by atomic mass is 9.99. The summed E-state index contributed by atoms with van der Waals surface area (Å²) in [5.41, 5.74) is 0.628. The van der Waals surface area contributed by atoms with E-state index in [1.807, 2.05) is 30.3 Å². The maximum atomic E-state index is 12.7. The van der Waals surface area contributed by atoms with Crippen molar-refractivity contribution in [3.8, 4) is 11.5 Å². The summed E-state index contributed by atoms with van der Waals surface area (Å²) in [5, 5.41) is 12.1. The van der Waals surface area contributed by atoms with E-state index in [9.17, 15) is 14.7 Å². The Labute approximate surface area is 150 Å². The van der Waals surface area contributed by atoms with E-state index in [4.69, 9.17) is 4.74 Å².